The summed E-state index contributed by atoms with van der Waals surface area (Å²) >= 11 is 0. The standard InChI is InChI=1S/C24H28N6O2/c1-28-23(32)14-21(18-6-9-25-10-7-18)27-24(28)30-13-11-26-22(16-30)17-2-4-19(5-3-17)29-12-8-20(31)15-29/h2-7,9-10,14,20,22,26,31H,8,11-13,15-16H2,1H3/t20-,22-/m1/s1. The van der Waals surface area contributed by atoms with Crippen LogP contribution in [0.15, 0.2) is 59.7 Å². The van der Waals surface area contributed by atoms with E-state index in [4.69, 9.17) is 4.98 Å². The highest BCUT2D eigenvalue weighted by molar-refractivity contribution is 5.59. The molecule has 32 heavy (non-hydrogen) atoms. The minimum absolute atomic E-state index is 0.0750. The molecular formula is C24H28N6O2. The van der Waals surface area contributed by atoms with Crippen LogP contribution >= 0.6 is 0 Å². The van der Waals surface area contributed by atoms with Crippen LogP contribution in [0.25, 0.3) is 11.3 Å². The van der Waals surface area contributed by atoms with Gasteiger partial charge in [-0.2, -0.15) is 0 Å². The van der Waals surface area contributed by atoms with Gasteiger partial charge in [0.2, 0.25) is 5.95 Å². The molecule has 2 aromatic heterocycles. The molecule has 0 saturated carbocycles. The Balaban J connectivity index is 1.37. The molecule has 0 radical (unpaired) electrons. The lowest BCUT2D eigenvalue weighted by Crippen LogP contribution is -2.47. The Kier molecular flexibility index (Phi) is 5.63. The molecule has 4 heterocycles. The van der Waals surface area contributed by atoms with E-state index in [9.17, 15) is 9.90 Å². The Morgan fingerprint density at radius 1 is 1.03 bits per heavy atom. The van der Waals surface area contributed by atoms with Crippen molar-refractivity contribution in [2.45, 2.75) is 18.6 Å². The molecule has 2 saturated heterocycles. The van der Waals surface area contributed by atoms with Crippen molar-refractivity contribution >= 4 is 11.6 Å². The number of aromatic nitrogens is 3. The van der Waals surface area contributed by atoms with Crippen molar-refractivity contribution in [1.82, 2.24) is 19.9 Å². The number of piperazine rings is 1. The summed E-state index contributed by atoms with van der Waals surface area (Å²) in [7, 11) is 1.78. The molecule has 2 aliphatic heterocycles. The third kappa shape index (κ3) is 4.11. The van der Waals surface area contributed by atoms with Crippen LogP contribution in [0.4, 0.5) is 11.6 Å². The average Bonchev–Trinajstić information content (AvgIpc) is 3.28. The molecular weight excluding hydrogens is 404 g/mol. The SMILES string of the molecule is Cn1c(N2CCN[C@@H](c3ccc(N4CC[C@@H](O)C4)cc3)C2)nc(-c2ccncc2)cc1=O. The zero-order chi connectivity index (χ0) is 22.1. The predicted octanol–water partition coefficient (Wildman–Crippen LogP) is 1.56. The third-order valence-corrected chi connectivity index (χ3v) is 6.37. The normalized spacial score (nSPS) is 21.2. The number of anilines is 2. The van der Waals surface area contributed by atoms with E-state index < -0.39 is 0 Å². The van der Waals surface area contributed by atoms with Crippen LogP contribution in [-0.4, -0.2) is 58.5 Å². The van der Waals surface area contributed by atoms with Gasteiger partial charge in [0, 0.05) is 75.5 Å². The van der Waals surface area contributed by atoms with Crippen molar-refractivity contribution in [1.29, 1.82) is 0 Å². The number of benzene rings is 1. The van der Waals surface area contributed by atoms with Crippen LogP contribution in [0, 0.1) is 0 Å². The second-order valence-electron chi connectivity index (χ2n) is 8.51. The number of hydrogen-bond donors (Lipinski definition) is 2. The Labute approximate surface area is 187 Å². The van der Waals surface area contributed by atoms with Crippen LogP contribution in [0.1, 0.15) is 18.0 Å². The van der Waals surface area contributed by atoms with E-state index in [1.165, 1.54) is 5.56 Å². The van der Waals surface area contributed by atoms with Crippen molar-refractivity contribution in [3.05, 3.63) is 70.8 Å². The number of nitrogens with zero attached hydrogens (tertiary/aromatic N) is 5. The first kappa shape index (κ1) is 20.7. The Morgan fingerprint density at radius 2 is 1.81 bits per heavy atom. The Hall–Kier alpha value is -3.23. The maximum atomic E-state index is 12.7. The minimum atomic E-state index is -0.231. The number of nitrogens with one attached hydrogen (secondary N) is 1. The summed E-state index contributed by atoms with van der Waals surface area (Å²) in [4.78, 5) is 25.9. The summed E-state index contributed by atoms with van der Waals surface area (Å²) in [5.41, 5.74) is 3.82. The van der Waals surface area contributed by atoms with Crippen molar-refractivity contribution in [3.8, 4) is 11.3 Å². The van der Waals surface area contributed by atoms with E-state index in [1.807, 2.05) is 12.1 Å². The van der Waals surface area contributed by atoms with E-state index in [2.05, 4.69) is 44.4 Å². The maximum absolute atomic E-state index is 12.7. The molecule has 2 atom stereocenters. The highest BCUT2D eigenvalue weighted by Crippen LogP contribution is 2.26. The molecule has 2 N–H and O–H groups in total. The monoisotopic (exact) mass is 432 g/mol. The average molecular weight is 433 g/mol. The van der Waals surface area contributed by atoms with E-state index in [1.54, 1.807) is 30.1 Å². The lowest BCUT2D eigenvalue weighted by Gasteiger charge is -2.35. The zero-order valence-corrected chi connectivity index (χ0v) is 18.2. The van der Waals surface area contributed by atoms with Crippen molar-refractivity contribution in [2.75, 3.05) is 42.5 Å². The summed E-state index contributed by atoms with van der Waals surface area (Å²) in [6.45, 7) is 3.90. The quantitative estimate of drug-likeness (QED) is 0.647. The molecule has 8 heteroatoms. The van der Waals surface area contributed by atoms with Gasteiger partial charge in [-0.05, 0) is 36.2 Å². The number of pyridine rings is 1. The van der Waals surface area contributed by atoms with Gasteiger partial charge in [-0.1, -0.05) is 12.1 Å². The highest BCUT2D eigenvalue weighted by Gasteiger charge is 2.25. The van der Waals surface area contributed by atoms with Crippen LogP contribution in [0.2, 0.25) is 0 Å². The van der Waals surface area contributed by atoms with Gasteiger partial charge in [0.05, 0.1) is 11.8 Å². The lowest BCUT2D eigenvalue weighted by molar-refractivity contribution is 0.198. The molecule has 0 aliphatic carbocycles. The smallest absolute Gasteiger partial charge is 0.255 e. The maximum Gasteiger partial charge on any atom is 0.255 e. The molecule has 2 fully saturated rings. The molecule has 2 aliphatic rings. The van der Waals surface area contributed by atoms with Gasteiger partial charge in [-0.25, -0.2) is 4.98 Å². The topological polar surface area (TPSA) is 86.5 Å². The summed E-state index contributed by atoms with van der Waals surface area (Å²) in [6.07, 6.45) is 4.01. The number of aliphatic hydroxyl groups excluding tert-OH is 1. The molecule has 166 valence electrons. The number of rotatable bonds is 4. The molecule has 8 nitrogen and oxygen atoms in total. The largest absolute Gasteiger partial charge is 0.391 e. The van der Waals surface area contributed by atoms with Crippen LogP contribution in [-0.2, 0) is 7.05 Å². The van der Waals surface area contributed by atoms with Crippen molar-refractivity contribution in [2.24, 2.45) is 7.05 Å². The molecule has 0 bridgehead atoms. The zero-order valence-electron chi connectivity index (χ0n) is 18.2. The molecule has 5 rings (SSSR count). The summed E-state index contributed by atoms with van der Waals surface area (Å²) < 4.78 is 1.62. The Morgan fingerprint density at radius 3 is 2.53 bits per heavy atom. The first-order valence-electron chi connectivity index (χ1n) is 11.1. The molecule has 1 aromatic carbocycles. The first-order valence-corrected chi connectivity index (χ1v) is 11.1. The molecule has 0 spiro atoms. The number of aliphatic hydroxyl groups is 1. The molecule has 3 aromatic rings. The second-order valence-corrected chi connectivity index (χ2v) is 8.51. The van der Waals surface area contributed by atoms with Crippen molar-refractivity contribution < 1.29 is 5.11 Å². The van der Waals surface area contributed by atoms with E-state index >= 15 is 0 Å². The first-order chi connectivity index (χ1) is 15.6. The third-order valence-electron chi connectivity index (χ3n) is 6.37. The number of β-amino-alcohol motifs (C(OH)–C–C–N with tert-alkyl or cyclic N) is 1. The van der Waals surface area contributed by atoms with E-state index in [0.717, 1.165) is 43.9 Å². The fourth-order valence-electron chi connectivity index (χ4n) is 4.53. The minimum Gasteiger partial charge on any atom is -0.391 e. The fraction of sp³-hybridized carbons (Fsp3) is 0.375. The fourth-order valence-corrected chi connectivity index (χ4v) is 4.53. The predicted molar refractivity (Wildman–Crippen MR) is 125 cm³/mol. The lowest BCUT2D eigenvalue weighted by atomic mass is 10.0. The van der Waals surface area contributed by atoms with Crippen molar-refractivity contribution in [3.63, 3.8) is 0 Å². The number of hydrogen-bond acceptors (Lipinski definition) is 7. The van der Waals surface area contributed by atoms with Gasteiger partial charge in [-0.15, -0.1) is 0 Å². The summed E-state index contributed by atoms with van der Waals surface area (Å²) in [5, 5.41) is 13.4. The second kappa shape index (κ2) is 8.72. The van der Waals surface area contributed by atoms with Crippen LogP contribution < -0.4 is 20.7 Å². The van der Waals surface area contributed by atoms with Gasteiger partial charge < -0.3 is 20.2 Å². The van der Waals surface area contributed by atoms with Gasteiger partial charge in [0.15, 0.2) is 0 Å². The van der Waals surface area contributed by atoms with E-state index in [-0.39, 0.29) is 17.7 Å². The van der Waals surface area contributed by atoms with Gasteiger partial charge in [0.25, 0.3) is 5.56 Å². The van der Waals surface area contributed by atoms with Crippen LogP contribution in [0.3, 0.4) is 0 Å². The van der Waals surface area contributed by atoms with Crippen LogP contribution in [0.5, 0.6) is 0 Å². The molecule has 0 unspecified atom stereocenters. The van der Waals surface area contributed by atoms with E-state index in [0.29, 0.717) is 18.2 Å². The molecule has 0 amide bonds. The van der Waals surface area contributed by atoms with Gasteiger partial charge in [-0.3, -0.25) is 14.3 Å². The van der Waals surface area contributed by atoms with Gasteiger partial charge in [0.1, 0.15) is 0 Å². The summed E-state index contributed by atoms with van der Waals surface area (Å²) in [6, 6.07) is 14.0. The Bertz CT molecular complexity index is 1130. The highest BCUT2D eigenvalue weighted by atomic mass is 16.3. The van der Waals surface area contributed by atoms with Gasteiger partial charge >= 0.3 is 0 Å². The summed E-state index contributed by atoms with van der Waals surface area (Å²) in [5.74, 6) is 0.679.